The zero-order chi connectivity index (χ0) is 31.9. The van der Waals surface area contributed by atoms with Crippen LogP contribution in [-0.2, 0) is 14.3 Å². The van der Waals surface area contributed by atoms with Crippen LogP contribution in [0.4, 0.5) is 8.78 Å². The number of halogens is 2. The minimum absolute atomic E-state index is 0.216. The molecular formula is C32H44F2N4O3. The molecule has 7 nitrogen and oxygen atoms in total. The molecule has 3 unspecified atom stereocenters. The van der Waals surface area contributed by atoms with Crippen molar-refractivity contribution in [1.82, 2.24) is 5.32 Å². The number of nitrogens with one attached hydrogen (secondary N) is 1. The summed E-state index contributed by atoms with van der Waals surface area (Å²) in [5.74, 6) is -7.52. The third-order valence-corrected chi connectivity index (χ3v) is 6.51. The van der Waals surface area contributed by atoms with Gasteiger partial charge in [-0.3, -0.25) is 9.59 Å². The molecule has 224 valence electrons. The summed E-state index contributed by atoms with van der Waals surface area (Å²) >= 11 is 0. The van der Waals surface area contributed by atoms with Crippen LogP contribution in [0, 0.1) is 23.2 Å². The summed E-state index contributed by atoms with van der Waals surface area (Å²) in [4.78, 5) is 26.2. The molecule has 1 fully saturated rings. The normalized spacial score (nSPS) is 20.9. The standard InChI is InChI=1S/C21H28F2N4O.C11H16O2/c1-7-8-13(3)17(27-20(28)18-16(11-24)21(18,22)23)10-9-12(2)14(4)19(26-6)15(5)25;1-5-7-11(9(3)6-2)10(4)13-8-12/h8-10,16,18,26H,7,25H2,1-6H3;5-8,10H,2H2,1,3-4H3/b10-9-,13-8+,14-12-,19-15+,27-17?;7-5-,11-9+. The Hall–Kier alpha value is -4.06. The summed E-state index contributed by atoms with van der Waals surface area (Å²) in [6.07, 6.45) is 11.3. The predicted octanol–water partition coefficient (Wildman–Crippen LogP) is 6.64. The Bertz CT molecular complexity index is 1220. The Morgan fingerprint density at radius 1 is 1.20 bits per heavy atom. The molecule has 0 radical (unpaired) electrons. The Kier molecular flexibility index (Phi) is 15.9. The van der Waals surface area contributed by atoms with E-state index in [4.69, 9.17) is 15.7 Å². The van der Waals surface area contributed by atoms with Gasteiger partial charge in [-0.15, -0.1) is 0 Å². The number of carbonyl (C=O) groups excluding carboxylic acids is 2. The van der Waals surface area contributed by atoms with Crippen molar-refractivity contribution in [3.8, 4) is 6.07 Å². The maximum Gasteiger partial charge on any atom is 0.293 e. The van der Waals surface area contributed by atoms with Crippen LogP contribution in [0.2, 0.25) is 0 Å². The van der Waals surface area contributed by atoms with Crippen LogP contribution in [0.3, 0.4) is 0 Å². The summed E-state index contributed by atoms with van der Waals surface area (Å²) in [6.45, 7) is 19.1. The number of rotatable bonds is 12. The number of alkyl halides is 2. The van der Waals surface area contributed by atoms with Crippen molar-refractivity contribution >= 4 is 18.1 Å². The topological polar surface area (TPSA) is 118 Å². The maximum atomic E-state index is 13.6. The average Bonchev–Trinajstić information content (AvgIpc) is 3.49. The van der Waals surface area contributed by atoms with Gasteiger partial charge in [0.05, 0.1) is 17.5 Å². The van der Waals surface area contributed by atoms with Crippen molar-refractivity contribution in [3.63, 3.8) is 0 Å². The first-order valence-electron chi connectivity index (χ1n) is 13.3. The lowest BCUT2D eigenvalue weighted by Gasteiger charge is -2.12. The first-order valence-corrected chi connectivity index (χ1v) is 13.3. The van der Waals surface area contributed by atoms with E-state index in [9.17, 15) is 18.4 Å². The molecule has 9 heteroatoms. The number of carbonyl (C=O) groups is 2. The summed E-state index contributed by atoms with van der Waals surface area (Å²) < 4.78 is 32.0. The molecule has 1 aliphatic carbocycles. The molecule has 3 N–H and O–H groups in total. The van der Waals surface area contributed by atoms with Gasteiger partial charge in [-0.25, -0.2) is 13.8 Å². The number of likely N-dealkylation sites (N-methyl/N-ethyl adjacent to an activating group) is 1. The molecule has 1 rings (SSSR count). The molecule has 0 saturated heterocycles. The van der Waals surface area contributed by atoms with E-state index in [0.29, 0.717) is 29.9 Å². The second-order valence-corrected chi connectivity index (χ2v) is 9.56. The smallest absolute Gasteiger partial charge is 0.293 e. The maximum absolute atomic E-state index is 13.6. The summed E-state index contributed by atoms with van der Waals surface area (Å²) in [6, 6.07) is 1.48. The van der Waals surface area contributed by atoms with Crippen molar-refractivity contribution < 1.29 is 23.1 Å². The monoisotopic (exact) mass is 570 g/mol. The van der Waals surface area contributed by atoms with Crippen LogP contribution in [0.5, 0.6) is 0 Å². The van der Waals surface area contributed by atoms with Gasteiger partial charge in [-0.2, -0.15) is 5.26 Å². The number of nitrogens with zero attached hydrogens (tertiary/aromatic N) is 2. The van der Waals surface area contributed by atoms with Gasteiger partial charge in [-0.1, -0.05) is 43.9 Å². The number of ether oxygens (including phenoxy) is 1. The van der Waals surface area contributed by atoms with Gasteiger partial charge in [0.15, 0.2) is 0 Å². The lowest BCUT2D eigenvalue weighted by atomic mass is 10.0. The lowest BCUT2D eigenvalue weighted by Crippen LogP contribution is -2.14. The molecule has 0 aromatic heterocycles. The quantitative estimate of drug-likeness (QED) is 0.154. The third kappa shape index (κ3) is 10.8. The molecule has 1 aliphatic rings. The minimum atomic E-state index is -3.30. The molecule has 0 spiro atoms. The van der Waals surface area contributed by atoms with E-state index >= 15 is 0 Å². The van der Waals surface area contributed by atoms with Gasteiger partial charge in [0.25, 0.3) is 18.3 Å². The van der Waals surface area contributed by atoms with E-state index in [1.54, 1.807) is 39.1 Å². The molecule has 1 amide bonds. The van der Waals surface area contributed by atoms with Gasteiger partial charge in [0.2, 0.25) is 0 Å². The SMILES string of the molecule is C=C/C(C)=C(\C=C/C)C(C)OC=O.CC/C=C(\C)C(\C=C/C(C)=C(C)\C(NC)=C(\C)N)=NC(=O)C1C(C#N)C1(F)F. The van der Waals surface area contributed by atoms with Gasteiger partial charge in [-0.05, 0) is 88.8 Å². The number of hydrogen-bond acceptors (Lipinski definition) is 6. The first-order chi connectivity index (χ1) is 19.2. The van der Waals surface area contributed by atoms with Crippen LogP contribution < -0.4 is 11.1 Å². The van der Waals surface area contributed by atoms with Crippen LogP contribution in [-0.4, -0.2) is 37.2 Å². The predicted molar refractivity (Wildman–Crippen MR) is 162 cm³/mol. The highest BCUT2D eigenvalue weighted by Gasteiger charge is 2.73. The Morgan fingerprint density at radius 3 is 2.22 bits per heavy atom. The van der Waals surface area contributed by atoms with Crippen LogP contribution in [0.1, 0.15) is 61.8 Å². The average molecular weight is 571 g/mol. The molecule has 0 aliphatic heterocycles. The largest absolute Gasteiger partial charge is 0.460 e. The van der Waals surface area contributed by atoms with E-state index in [2.05, 4.69) is 16.9 Å². The second-order valence-electron chi connectivity index (χ2n) is 9.56. The van der Waals surface area contributed by atoms with Crippen LogP contribution >= 0.6 is 0 Å². The molecule has 3 atom stereocenters. The Morgan fingerprint density at radius 2 is 1.80 bits per heavy atom. The third-order valence-electron chi connectivity index (χ3n) is 6.51. The number of amides is 1. The highest BCUT2D eigenvalue weighted by atomic mass is 19.3. The van der Waals surface area contributed by atoms with Gasteiger partial charge in [0.1, 0.15) is 17.9 Å². The number of hydrogen-bond donors (Lipinski definition) is 2. The van der Waals surface area contributed by atoms with Crippen LogP contribution in [0.15, 0.2) is 87.3 Å². The lowest BCUT2D eigenvalue weighted by molar-refractivity contribution is -0.131. The molecular weight excluding hydrogens is 526 g/mol. The van der Waals surface area contributed by atoms with Gasteiger partial charge < -0.3 is 15.8 Å². The zero-order valence-electron chi connectivity index (χ0n) is 25.6. The Labute approximate surface area is 243 Å². The minimum Gasteiger partial charge on any atom is -0.460 e. The molecule has 0 aromatic rings. The van der Waals surface area contributed by atoms with E-state index in [1.165, 1.54) is 6.07 Å². The fraction of sp³-hybridized carbons (Fsp3) is 0.438. The van der Waals surface area contributed by atoms with Crippen molar-refractivity contribution in [3.05, 3.63) is 82.3 Å². The van der Waals surface area contributed by atoms with Gasteiger partial charge >= 0.3 is 0 Å². The fourth-order valence-electron chi connectivity index (χ4n) is 3.90. The summed E-state index contributed by atoms with van der Waals surface area (Å²) in [5, 5.41) is 11.8. The van der Waals surface area contributed by atoms with Crippen LogP contribution in [0.25, 0.3) is 0 Å². The molecule has 0 aromatic carbocycles. The fourth-order valence-corrected chi connectivity index (χ4v) is 3.90. The van der Waals surface area contributed by atoms with E-state index < -0.39 is 23.7 Å². The molecule has 0 bridgehead atoms. The summed E-state index contributed by atoms with van der Waals surface area (Å²) in [5.41, 5.74) is 12.1. The van der Waals surface area contributed by atoms with E-state index in [1.807, 2.05) is 59.8 Å². The van der Waals surface area contributed by atoms with E-state index in [-0.39, 0.29) is 6.10 Å². The number of allylic oxidation sites excluding steroid dienone is 10. The molecule has 41 heavy (non-hydrogen) atoms. The highest BCUT2D eigenvalue weighted by Crippen LogP contribution is 2.55. The summed E-state index contributed by atoms with van der Waals surface area (Å²) in [7, 11) is 1.77. The Balaban J connectivity index is 0.00000103. The zero-order valence-corrected chi connectivity index (χ0v) is 25.6. The number of aliphatic imine (C=N–C) groups is 1. The van der Waals surface area contributed by atoms with Crippen molar-refractivity contribution in [2.24, 2.45) is 22.6 Å². The van der Waals surface area contributed by atoms with E-state index in [0.717, 1.165) is 28.0 Å². The number of nitriles is 1. The highest BCUT2D eigenvalue weighted by molar-refractivity contribution is 6.13. The van der Waals surface area contributed by atoms with Crippen molar-refractivity contribution in [1.29, 1.82) is 5.26 Å². The van der Waals surface area contributed by atoms with Gasteiger partial charge in [0, 0.05) is 12.7 Å². The van der Waals surface area contributed by atoms with Crippen molar-refractivity contribution in [2.45, 2.75) is 73.8 Å². The molecule has 0 heterocycles. The molecule has 1 saturated carbocycles. The second kappa shape index (κ2) is 17.6. The number of nitrogens with two attached hydrogens (primary N) is 1. The first kappa shape index (κ1) is 36.9. The van der Waals surface area contributed by atoms with Crippen molar-refractivity contribution in [2.75, 3.05) is 7.05 Å².